The van der Waals surface area contributed by atoms with Gasteiger partial charge in [-0.25, -0.2) is 8.42 Å². The minimum atomic E-state index is -4.25. The number of ether oxygens (including phenoxy) is 1. The molecule has 1 saturated heterocycles. The van der Waals surface area contributed by atoms with Gasteiger partial charge < -0.3 is 10.1 Å². The van der Waals surface area contributed by atoms with Gasteiger partial charge in [-0.15, -0.1) is 0 Å². The average molecular weight is 586 g/mol. The minimum absolute atomic E-state index is 0.0244. The summed E-state index contributed by atoms with van der Waals surface area (Å²) in [6, 6.07) is 21.8. The molecule has 1 amide bonds. The summed E-state index contributed by atoms with van der Waals surface area (Å²) in [4.78, 5) is 27.3. The van der Waals surface area contributed by atoms with Crippen molar-refractivity contribution in [3.05, 3.63) is 101 Å². The summed E-state index contributed by atoms with van der Waals surface area (Å²) in [5.41, 5.74) is 1.27. The normalized spacial score (nSPS) is 22.1. The van der Waals surface area contributed by atoms with Crippen LogP contribution in [0.3, 0.4) is 0 Å². The third-order valence-electron chi connectivity index (χ3n) is 6.50. The van der Waals surface area contributed by atoms with Gasteiger partial charge in [-0.3, -0.25) is 9.59 Å². The van der Waals surface area contributed by atoms with E-state index in [4.69, 9.17) is 4.74 Å². The van der Waals surface area contributed by atoms with Gasteiger partial charge in [0, 0.05) is 16.4 Å². The van der Waals surface area contributed by atoms with E-state index in [1.54, 1.807) is 36.4 Å². The average Bonchev–Trinajstić information content (AvgIpc) is 3.26. The van der Waals surface area contributed by atoms with Crippen molar-refractivity contribution in [2.75, 3.05) is 7.11 Å². The van der Waals surface area contributed by atoms with Crippen LogP contribution in [0.4, 0.5) is 0 Å². The molecule has 1 N–H and O–H groups in total. The molecule has 1 aliphatic heterocycles. The largest absolute Gasteiger partial charge is 0.469 e. The third kappa shape index (κ3) is 5.35. The number of benzene rings is 3. The zero-order chi connectivity index (χ0) is 26.7. The van der Waals surface area contributed by atoms with Gasteiger partial charge in [0.25, 0.3) is 0 Å². The van der Waals surface area contributed by atoms with Crippen LogP contribution in [0, 0.1) is 5.92 Å². The molecule has 3 aromatic rings. The Bertz CT molecular complexity index is 1350. The van der Waals surface area contributed by atoms with Gasteiger partial charge in [-0.05, 0) is 49.2 Å². The second-order valence-electron chi connectivity index (χ2n) is 9.24. The first kappa shape index (κ1) is 27.0. The number of esters is 1. The first-order chi connectivity index (χ1) is 17.7. The standard InChI is InChI=1S/C28H29BrN2O5S/c1-18(2)30-27(32)26-23(19-10-6-4-7-11-19)24(28(33)36-3)25(20-12-8-5-9-13-20)31(26)37(34,35)22-16-14-21(29)15-17-22/h4-18,23-26H,1-3H3,(H,30,32). The van der Waals surface area contributed by atoms with E-state index in [0.717, 1.165) is 4.47 Å². The minimum Gasteiger partial charge on any atom is -0.469 e. The van der Waals surface area contributed by atoms with Gasteiger partial charge >= 0.3 is 5.97 Å². The highest BCUT2D eigenvalue weighted by Gasteiger charge is 2.60. The lowest BCUT2D eigenvalue weighted by molar-refractivity contribution is -0.146. The van der Waals surface area contributed by atoms with Crippen molar-refractivity contribution < 1.29 is 22.7 Å². The lowest BCUT2D eigenvalue weighted by atomic mass is 9.79. The predicted molar refractivity (Wildman–Crippen MR) is 144 cm³/mol. The fourth-order valence-electron chi connectivity index (χ4n) is 5.04. The Morgan fingerprint density at radius 3 is 1.95 bits per heavy atom. The first-order valence-corrected chi connectivity index (χ1v) is 14.2. The number of hydrogen-bond acceptors (Lipinski definition) is 5. The van der Waals surface area contributed by atoms with E-state index in [1.807, 2.05) is 50.2 Å². The molecular formula is C28H29BrN2O5S. The summed E-state index contributed by atoms with van der Waals surface area (Å²) < 4.78 is 35.8. The predicted octanol–water partition coefficient (Wildman–Crippen LogP) is 4.66. The molecule has 4 unspecified atom stereocenters. The molecule has 9 heteroatoms. The van der Waals surface area contributed by atoms with Crippen LogP contribution in [0.25, 0.3) is 0 Å². The lowest BCUT2D eigenvalue weighted by Crippen LogP contribution is -2.50. The number of halogens is 1. The number of methoxy groups -OCH3 is 1. The number of amides is 1. The number of hydrogen-bond donors (Lipinski definition) is 1. The molecule has 3 aromatic carbocycles. The van der Waals surface area contributed by atoms with Crippen LogP contribution in [-0.4, -0.2) is 43.8 Å². The topological polar surface area (TPSA) is 92.8 Å². The highest BCUT2D eigenvalue weighted by atomic mass is 79.9. The number of nitrogens with one attached hydrogen (secondary N) is 1. The van der Waals surface area contributed by atoms with Crippen LogP contribution >= 0.6 is 15.9 Å². The second-order valence-corrected chi connectivity index (χ2v) is 12.0. The lowest BCUT2D eigenvalue weighted by Gasteiger charge is -2.31. The smallest absolute Gasteiger partial charge is 0.311 e. The Labute approximate surface area is 226 Å². The van der Waals surface area contributed by atoms with Crippen molar-refractivity contribution in [3.63, 3.8) is 0 Å². The molecule has 0 spiro atoms. The van der Waals surface area contributed by atoms with Gasteiger partial charge in [-0.1, -0.05) is 76.6 Å². The Morgan fingerprint density at radius 1 is 0.892 bits per heavy atom. The summed E-state index contributed by atoms with van der Waals surface area (Å²) >= 11 is 3.35. The van der Waals surface area contributed by atoms with Crippen molar-refractivity contribution in [1.82, 2.24) is 9.62 Å². The first-order valence-electron chi connectivity index (χ1n) is 11.9. The van der Waals surface area contributed by atoms with E-state index in [2.05, 4.69) is 21.2 Å². The van der Waals surface area contributed by atoms with Crippen LogP contribution < -0.4 is 5.32 Å². The number of nitrogens with zero attached hydrogens (tertiary/aromatic N) is 1. The maximum atomic E-state index is 14.3. The monoisotopic (exact) mass is 584 g/mol. The summed E-state index contributed by atoms with van der Waals surface area (Å²) in [6.45, 7) is 3.62. The Kier molecular flexibility index (Phi) is 8.16. The van der Waals surface area contributed by atoms with Gasteiger partial charge in [-0.2, -0.15) is 4.31 Å². The van der Waals surface area contributed by atoms with Gasteiger partial charge in [0.05, 0.1) is 24.0 Å². The Morgan fingerprint density at radius 2 is 1.43 bits per heavy atom. The molecule has 4 rings (SSSR count). The molecule has 0 aliphatic carbocycles. The molecule has 7 nitrogen and oxygen atoms in total. The van der Waals surface area contributed by atoms with E-state index in [-0.39, 0.29) is 10.9 Å². The van der Waals surface area contributed by atoms with Crippen molar-refractivity contribution in [3.8, 4) is 0 Å². The van der Waals surface area contributed by atoms with Crippen molar-refractivity contribution in [1.29, 1.82) is 0 Å². The van der Waals surface area contributed by atoms with E-state index < -0.39 is 45.8 Å². The van der Waals surface area contributed by atoms with Crippen molar-refractivity contribution in [2.24, 2.45) is 5.92 Å². The molecule has 0 aromatic heterocycles. The molecule has 1 fully saturated rings. The maximum Gasteiger partial charge on any atom is 0.311 e. The third-order valence-corrected chi connectivity index (χ3v) is 8.91. The molecule has 0 saturated carbocycles. The molecule has 1 heterocycles. The van der Waals surface area contributed by atoms with Crippen LogP contribution in [0.2, 0.25) is 0 Å². The van der Waals surface area contributed by atoms with Gasteiger partial charge in [0.15, 0.2) is 0 Å². The molecule has 0 bridgehead atoms. The zero-order valence-electron chi connectivity index (χ0n) is 20.7. The van der Waals surface area contributed by atoms with E-state index in [9.17, 15) is 18.0 Å². The summed E-state index contributed by atoms with van der Waals surface area (Å²) in [5, 5.41) is 2.89. The highest BCUT2D eigenvalue weighted by molar-refractivity contribution is 9.10. The molecule has 194 valence electrons. The van der Waals surface area contributed by atoms with Gasteiger partial charge in [0.2, 0.25) is 15.9 Å². The summed E-state index contributed by atoms with van der Waals surface area (Å²) in [5.74, 6) is -2.82. The van der Waals surface area contributed by atoms with Crippen LogP contribution in [0.5, 0.6) is 0 Å². The number of rotatable bonds is 7. The number of carbonyl (C=O) groups excluding carboxylic acids is 2. The van der Waals surface area contributed by atoms with E-state index >= 15 is 0 Å². The quantitative estimate of drug-likeness (QED) is 0.408. The van der Waals surface area contributed by atoms with Crippen LogP contribution in [0.15, 0.2) is 94.3 Å². The maximum absolute atomic E-state index is 14.3. The number of sulfonamides is 1. The SMILES string of the molecule is COC(=O)C1C(c2ccccc2)C(C(=O)NC(C)C)N(S(=O)(=O)c2ccc(Br)cc2)C1c1ccccc1. The molecular weight excluding hydrogens is 556 g/mol. The van der Waals surface area contributed by atoms with Gasteiger partial charge in [0.1, 0.15) is 6.04 Å². The second kappa shape index (κ2) is 11.2. The van der Waals surface area contributed by atoms with Crippen LogP contribution in [0.1, 0.15) is 36.9 Å². The highest BCUT2D eigenvalue weighted by Crippen LogP contribution is 2.52. The zero-order valence-corrected chi connectivity index (χ0v) is 23.1. The fourth-order valence-corrected chi connectivity index (χ4v) is 7.10. The molecule has 1 aliphatic rings. The van der Waals surface area contributed by atoms with Crippen LogP contribution in [-0.2, 0) is 24.3 Å². The molecule has 0 radical (unpaired) electrons. The van der Waals surface area contributed by atoms with Crippen molar-refractivity contribution in [2.45, 2.75) is 42.8 Å². The number of carbonyl (C=O) groups is 2. The fraction of sp³-hybridized carbons (Fsp3) is 0.286. The Balaban J connectivity index is 2.03. The summed E-state index contributed by atoms with van der Waals surface area (Å²) in [6.07, 6.45) is 0. The van der Waals surface area contributed by atoms with E-state index in [0.29, 0.717) is 11.1 Å². The van der Waals surface area contributed by atoms with Crippen molar-refractivity contribution >= 4 is 37.8 Å². The molecule has 37 heavy (non-hydrogen) atoms. The Hall–Kier alpha value is -3.01. The molecule has 4 atom stereocenters. The van der Waals surface area contributed by atoms with E-state index in [1.165, 1.54) is 23.5 Å². The summed E-state index contributed by atoms with van der Waals surface area (Å²) in [7, 11) is -2.98.